The van der Waals surface area contributed by atoms with Crippen molar-refractivity contribution in [2.24, 2.45) is 10.4 Å². The van der Waals surface area contributed by atoms with Gasteiger partial charge in [0, 0.05) is 31.7 Å². The third-order valence-electron chi connectivity index (χ3n) is 4.96. The van der Waals surface area contributed by atoms with E-state index in [1.54, 1.807) is 0 Å². The van der Waals surface area contributed by atoms with Gasteiger partial charge in [0.1, 0.15) is 0 Å². The summed E-state index contributed by atoms with van der Waals surface area (Å²) in [5.74, 6) is 2.17. The number of rotatable bonds is 8. The van der Waals surface area contributed by atoms with Crippen LogP contribution in [0.2, 0.25) is 0 Å². The highest BCUT2D eigenvalue weighted by Crippen LogP contribution is 2.51. The van der Waals surface area contributed by atoms with Crippen LogP contribution < -0.4 is 10.6 Å². The van der Waals surface area contributed by atoms with Crippen LogP contribution >= 0.6 is 35.7 Å². The van der Waals surface area contributed by atoms with Gasteiger partial charge in [-0.25, -0.2) is 0 Å². The van der Waals surface area contributed by atoms with Gasteiger partial charge in [-0.15, -0.1) is 24.0 Å². The highest BCUT2D eigenvalue weighted by molar-refractivity contribution is 14.0. The Bertz CT molecular complexity index is 352. The van der Waals surface area contributed by atoms with Crippen molar-refractivity contribution in [1.29, 1.82) is 0 Å². The van der Waals surface area contributed by atoms with E-state index in [9.17, 15) is 0 Å². The highest BCUT2D eigenvalue weighted by Gasteiger charge is 2.58. The first-order chi connectivity index (χ1) is 9.91. The SMILES string of the molecule is CCNC(=NCCCCSC)NC1CC(C)(OC)C1(C)C.I. The van der Waals surface area contributed by atoms with Crippen LogP contribution in [-0.2, 0) is 4.74 Å². The minimum absolute atomic E-state index is 0. The molecule has 132 valence electrons. The maximum absolute atomic E-state index is 5.68. The Morgan fingerprint density at radius 1 is 1.32 bits per heavy atom. The van der Waals surface area contributed by atoms with Gasteiger partial charge in [-0.2, -0.15) is 11.8 Å². The first kappa shape index (κ1) is 22.3. The molecule has 0 amide bonds. The Hall–Kier alpha value is 0.310. The lowest BCUT2D eigenvalue weighted by atomic mass is 9.56. The van der Waals surface area contributed by atoms with E-state index in [1.807, 2.05) is 18.9 Å². The van der Waals surface area contributed by atoms with Gasteiger partial charge in [0.15, 0.2) is 5.96 Å². The van der Waals surface area contributed by atoms with Crippen LogP contribution in [0, 0.1) is 5.41 Å². The first-order valence-electron chi connectivity index (χ1n) is 8.00. The van der Waals surface area contributed by atoms with E-state index in [4.69, 9.17) is 9.73 Å². The van der Waals surface area contributed by atoms with Crippen molar-refractivity contribution in [2.45, 2.75) is 58.6 Å². The number of hydrogen-bond acceptors (Lipinski definition) is 3. The quantitative estimate of drug-likeness (QED) is 0.261. The lowest BCUT2D eigenvalue weighted by Gasteiger charge is -2.59. The Morgan fingerprint density at radius 3 is 2.50 bits per heavy atom. The van der Waals surface area contributed by atoms with Crippen molar-refractivity contribution >= 4 is 41.7 Å². The van der Waals surface area contributed by atoms with Crippen molar-refractivity contribution in [3.63, 3.8) is 0 Å². The van der Waals surface area contributed by atoms with Crippen LogP contribution in [0.3, 0.4) is 0 Å². The first-order valence-corrected chi connectivity index (χ1v) is 9.39. The number of methoxy groups -OCH3 is 1. The van der Waals surface area contributed by atoms with Gasteiger partial charge in [0.05, 0.1) is 5.60 Å². The number of thioether (sulfide) groups is 1. The summed E-state index contributed by atoms with van der Waals surface area (Å²) in [4.78, 5) is 4.69. The van der Waals surface area contributed by atoms with Gasteiger partial charge in [0.25, 0.3) is 0 Å². The summed E-state index contributed by atoms with van der Waals surface area (Å²) in [5, 5.41) is 6.93. The highest BCUT2D eigenvalue weighted by atomic mass is 127. The maximum atomic E-state index is 5.68. The second-order valence-electron chi connectivity index (χ2n) is 6.52. The summed E-state index contributed by atoms with van der Waals surface area (Å²) in [6, 6.07) is 0.409. The molecule has 0 aromatic carbocycles. The zero-order valence-electron chi connectivity index (χ0n) is 15.0. The zero-order valence-corrected chi connectivity index (χ0v) is 18.1. The monoisotopic (exact) mass is 443 g/mol. The van der Waals surface area contributed by atoms with Crippen molar-refractivity contribution in [3.8, 4) is 0 Å². The van der Waals surface area contributed by atoms with E-state index >= 15 is 0 Å². The number of nitrogens with one attached hydrogen (secondary N) is 2. The predicted molar refractivity (Wildman–Crippen MR) is 110 cm³/mol. The van der Waals surface area contributed by atoms with Crippen LogP contribution in [0.4, 0.5) is 0 Å². The van der Waals surface area contributed by atoms with Crippen LogP contribution in [0.15, 0.2) is 4.99 Å². The predicted octanol–water partition coefficient (Wildman–Crippen LogP) is 3.51. The fourth-order valence-electron chi connectivity index (χ4n) is 2.76. The van der Waals surface area contributed by atoms with E-state index in [0.717, 1.165) is 31.9 Å². The molecule has 0 aliphatic heterocycles. The van der Waals surface area contributed by atoms with Crippen LogP contribution in [0.25, 0.3) is 0 Å². The Labute approximate surface area is 158 Å². The molecule has 22 heavy (non-hydrogen) atoms. The molecule has 1 aliphatic carbocycles. The molecule has 1 aliphatic rings. The van der Waals surface area contributed by atoms with Gasteiger partial charge in [0.2, 0.25) is 0 Å². The van der Waals surface area contributed by atoms with E-state index in [-0.39, 0.29) is 35.0 Å². The Balaban J connectivity index is 0.00000441. The van der Waals surface area contributed by atoms with Crippen molar-refractivity contribution in [2.75, 3.05) is 32.2 Å². The lowest BCUT2D eigenvalue weighted by Crippen LogP contribution is -2.69. The Morgan fingerprint density at radius 2 is 2.00 bits per heavy atom. The zero-order chi connectivity index (χ0) is 15.9. The molecule has 1 rings (SSSR count). The molecule has 2 unspecified atom stereocenters. The van der Waals surface area contributed by atoms with Crippen LogP contribution in [-0.4, -0.2) is 49.8 Å². The minimum Gasteiger partial charge on any atom is -0.378 e. The third kappa shape index (κ3) is 5.44. The van der Waals surface area contributed by atoms with Gasteiger partial charge in [-0.1, -0.05) is 13.8 Å². The molecule has 0 radical (unpaired) electrons. The van der Waals surface area contributed by atoms with Crippen molar-refractivity contribution < 1.29 is 4.74 Å². The molecular weight excluding hydrogens is 409 g/mol. The smallest absolute Gasteiger partial charge is 0.191 e. The second kappa shape index (κ2) is 10.2. The molecule has 2 atom stereocenters. The molecule has 0 bridgehead atoms. The molecule has 6 heteroatoms. The fourth-order valence-corrected chi connectivity index (χ4v) is 3.25. The van der Waals surface area contributed by atoms with E-state index in [0.29, 0.717) is 6.04 Å². The molecule has 1 saturated carbocycles. The summed E-state index contributed by atoms with van der Waals surface area (Å²) in [6.07, 6.45) is 5.57. The normalized spacial score (nSPS) is 26.8. The molecule has 0 spiro atoms. The van der Waals surface area contributed by atoms with Crippen molar-refractivity contribution in [3.05, 3.63) is 0 Å². The van der Waals surface area contributed by atoms with E-state index < -0.39 is 0 Å². The van der Waals surface area contributed by atoms with Gasteiger partial charge < -0.3 is 15.4 Å². The Kier molecular flexibility index (Phi) is 10.4. The molecule has 0 aromatic rings. The topological polar surface area (TPSA) is 45.7 Å². The third-order valence-corrected chi connectivity index (χ3v) is 5.66. The van der Waals surface area contributed by atoms with Gasteiger partial charge in [-0.05, 0) is 45.1 Å². The van der Waals surface area contributed by atoms with Gasteiger partial charge >= 0.3 is 0 Å². The average Bonchev–Trinajstić information content (AvgIpc) is 2.46. The molecule has 0 aromatic heterocycles. The molecule has 1 fully saturated rings. The number of aliphatic imine (C=N–C) groups is 1. The van der Waals surface area contributed by atoms with E-state index in [2.05, 4.69) is 44.6 Å². The fraction of sp³-hybridized carbons (Fsp3) is 0.938. The standard InChI is InChI=1S/C16H33N3OS.HI/c1-7-17-14(18-10-8-9-11-21-6)19-13-12-16(4,20-5)15(13,2)3;/h13H,7-12H2,1-6H3,(H2,17,18,19);1H. The lowest BCUT2D eigenvalue weighted by molar-refractivity contribution is -0.176. The number of nitrogens with zero attached hydrogens (tertiary/aromatic N) is 1. The number of hydrogen-bond donors (Lipinski definition) is 2. The van der Waals surface area contributed by atoms with Crippen LogP contribution in [0.1, 0.15) is 47.0 Å². The molecular formula is C16H34IN3OS. The van der Waals surface area contributed by atoms with Crippen LogP contribution in [0.5, 0.6) is 0 Å². The van der Waals surface area contributed by atoms with Gasteiger partial charge in [-0.3, -0.25) is 4.99 Å². The second-order valence-corrected chi connectivity index (χ2v) is 7.50. The van der Waals surface area contributed by atoms with E-state index in [1.165, 1.54) is 12.2 Å². The summed E-state index contributed by atoms with van der Waals surface area (Å²) in [7, 11) is 1.81. The van der Waals surface area contributed by atoms with Crippen molar-refractivity contribution in [1.82, 2.24) is 10.6 Å². The molecule has 4 nitrogen and oxygen atoms in total. The number of ether oxygens (including phenoxy) is 1. The molecule has 2 N–H and O–H groups in total. The number of guanidine groups is 1. The molecule has 0 heterocycles. The number of unbranched alkanes of at least 4 members (excludes halogenated alkanes) is 1. The average molecular weight is 443 g/mol. The summed E-state index contributed by atoms with van der Waals surface area (Å²) >= 11 is 1.90. The summed E-state index contributed by atoms with van der Waals surface area (Å²) in [5.41, 5.74) is 0.0666. The molecule has 0 saturated heterocycles. The largest absolute Gasteiger partial charge is 0.378 e. The number of halogens is 1. The maximum Gasteiger partial charge on any atom is 0.191 e. The minimum atomic E-state index is -0.0413. The summed E-state index contributed by atoms with van der Waals surface area (Å²) < 4.78 is 5.68. The summed E-state index contributed by atoms with van der Waals surface area (Å²) in [6.45, 7) is 10.6.